The quantitative estimate of drug-likeness (QED) is 0.569. The highest BCUT2D eigenvalue weighted by Gasteiger charge is 2.51. The van der Waals surface area contributed by atoms with Gasteiger partial charge in [-0.25, -0.2) is 9.97 Å². The molecule has 7 rings (SSSR count). The molecule has 1 aromatic carbocycles. The van der Waals surface area contributed by atoms with E-state index in [1.165, 1.54) is 57.0 Å². The highest BCUT2D eigenvalue weighted by atomic mass is 19.4. The van der Waals surface area contributed by atoms with Crippen LogP contribution in [0.5, 0.6) is 5.75 Å². The first-order valence-electron chi connectivity index (χ1n) is 12.9. The van der Waals surface area contributed by atoms with E-state index in [0.717, 1.165) is 34.6 Å². The van der Waals surface area contributed by atoms with Crippen LogP contribution in [0.3, 0.4) is 0 Å². The van der Waals surface area contributed by atoms with Crippen molar-refractivity contribution in [1.29, 1.82) is 0 Å². The Morgan fingerprint density at radius 2 is 1.83 bits per heavy atom. The Bertz CT molecular complexity index is 1120. The first kappa shape index (κ1) is 23.7. The third-order valence-corrected chi connectivity index (χ3v) is 8.58. The summed E-state index contributed by atoms with van der Waals surface area (Å²) in [6.07, 6.45) is 5.68. The first-order valence-corrected chi connectivity index (χ1v) is 12.9. The van der Waals surface area contributed by atoms with Crippen LogP contribution in [0.2, 0.25) is 0 Å². The van der Waals surface area contributed by atoms with Crippen molar-refractivity contribution >= 4 is 11.7 Å². The van der Waals surface area contributed by atoms with Crippen LogP contribution >= 0.6 is 0 Å². The normalized spacial score (nSPS) is 29.1. The van der Waals surface area contributed by atoms with E-state index in [2.05, 4.69) is 24.9 Å². The zero-order valence-corrected chi connectivity index (χ0v) is 20.2. The number of hydrogen-bond donors (Lipinski definition) is 1. The Kier molecular flexibility index (Phi) is 5.93. The Balaban J connectivity index is 1.10. The average Bonchev–Trinajstić information content (AvgIpc) is 2.77. The van der Waals surface area contributed by atoms with Gasteiger partial charge in [0.25, 0.3) is 0 Å². The second kappa shape index (κ2) is 9.01. The van der Waals surface area contributed by atoms with Crippen molar-refractivity contribution in [2.24, 2.45) is 23.2 Å². The SMILES string of the molecule is O=C(CC12CC3CC(CC(C3)C1)C2)Nc1ncnc2c1CCN(Cc1cccc(OC(F)(F)F)c1)C2. The van der Waals surface area contributed by atoms with Gasteiger partial charge in [-0.1, -0.05) is 12.1 Å². The Morgan fingerprint density at radius 3 is 2.53 bits per heavy atom. The predicted molar refractivity (Wildman–Crippen MR) is 127 cm³/mol. The molecular weight excluding hydrogens is 469 g/mol. The minimum Gasteiger partial charge on any atom is -0.406 e. The molecule has 0 radical (unpaired) electrons. The standard InChI is InChI=1S/C27H31F3N4O2/c28-27(29,30)36-21-3-1-2-17(9-21)14-34-5-4-22-23(15-34)31-16-32-25(22)33-24(35)13-26-10-18-6-19(11-26)8-20(7-18)12-26/h1-3,9,16,18-20H,4-8,10-15H2,(H,31,32,33,35). The summed E-state index contributed by atoms with van der Waals surface area (Å²) < 4.78 is 41.7. The second-order valence-electron chi connectivity index (χ2n) is 11.4. The molecule has 0 atom stereocenters. The van der Waals surface area contributed by atoms with Gasteiger partial charge in [0.15, 0.2) is 0 Å². The number of carbonyl (C=O) groups excluding carboxylic acids is 1. The van der Waals surface area contributed by atoms with E-state index in [9.17, 15) is 18.0 Å². The average molecular weight is 501 g/mol. The van der Waals surface area contributed by atoms with Gasteiger partial charge in [-0.2, -0.15) is 0 Å². The maximum atomic E-state index is 13.1. The fraction of sp³-hybridized carbons (Fsp3) is 0.593. The van der Waals surface area contributed by atoms with Gasteiger partial charge in [0.1, 0.15) is 17.9 Å². The third-order valence-electron chi connectivity index (χ3n) is 8.58. The number of fused-ring (bicyclic) bond motifs is 1. The van der Waals surface area contributed by atoms with Crippen molar-refractivity contribution in [3.63, 3.8) is 0 Å². The van der Waals surface area contributed by atoms with E-state index < -0.39 is 6.36 Å². The van der Waals surface area contributed by atoms with Gasteiger partial charge in [0.05, 0.1) is 5.69 Å². The maximum Gasteiger partial charge on any atom is 0.573 e. The van der Waals surface area contributed by atoms with Crippen LogP contribution in [0.15, 0.2) is 30.6 Å². The Labute approximate surface area is 208 Å². The molecule has 1 aromatic heterocycles. The summed E-state index contributed by atoms with van der Waals surface area (Å²) in [6.45, 7) is 1.72. The Morgan fingerprint density at radius 1 is 1.11 bits per heavy atom. The third kappa shape index (κ3) is 5.08. The molecular formula is C27H31F3N4O2. The first-order chi connectivity index (χ1) is 17.2. The van der Waals surface area contributed by atoms with E-state index in [0.29, 0.717) is 38.3 Å². The van der Waals surface area contributed by atoms with Crippen molar-refractivity contribution in [2.75, 3.05) is 11.9 Å². The second-order valence-corrected chi connectivity index (χ2v) is 11.4. The monoisotopic (exact) mass is 500 g/mol. The molecule has 1 amide bonds. The lowest BCUT2D eigenvalue weighted by molar-refractivity contribution is -0.274. The van der Waals surface area contributed by atoms with Crippen LogP contribution in [0.1, 0.15) is 61.8 Å². The number of anilines is 1. The lowest BCUT2D eigenvalue weighted by atomic mass is 9.49. The molecule has 4 aliphatic carbocycles. The molecule has 5 aliphatic rings. The molecule has 4 bridgehead atoms. The number of nitrogens with one attached hydrogen (secondary N) is 1. The van der Waals surface area contributed by atoms with E-state index in [1.807, 2.05) is 0 Å². The fourth-order valence-electron chi connectivity index (χ4n) is 7.77. The molecule has 0 saturated heterocycles. The number of aromatic nitrogens is 2. The largest absolute Gasteiger partial charge is 0.573 e. The van der Waals surface area contributed by atoms with Gasteiger partial charge < -0.3 is 10.1 Å². The molecule has 36 heavy (non-hydrogen) atoms. The van der Waals surface area contributed by atoms with Crippen LogP contribution in [0.4, 0.5) is 19.0 Å². The van der Waals surface area contributed by atoms with Gasteiger partial charge >= 0.3 is 6.36 Å². The molecule has 0 spiro atoms. The van der Waals surface area contributed by atoms with Crippen LogP contribution in [-0.4, -0.2) is 33.7 Å². The lowest BCUT2D eigenvalue weighted by Crippen LogP contribution is -2.47. The van der Waals surface area contributed by atoms with Crippen LogP contribution in [0, 0.1) is 23.2 Å². The molecule has 9 heteroatoms. The van der Waals surface area contributed by atoms with Crippen molar-refractivity contribution in [1.82, 2.24) is 14.9 Å². The predicted octanol–water partition coefficient (Wildman–Crippen LogP) is 5.48. The fourth-order valence-corrected chi connectivity index (χ4v) is 7.77. The van der Waals surface area contributed by atoms with Crippen LogP contribution in [-0.2, 0) is 24.3 Å². The minimum atomic E-state index is -4.71. The van der Waals surface area contributed by atoms with E-state index >= 15 is 0 Å². The molecule has 4 fully saturated rings. The highest BCUT2D eigenvalue weighted by molar-refractivity contribution is 5.91. The number of rotatable bonds is 6. The van der Waals surface area contributed by atoms with E-state index in [1.54, 1.807) is 12.1 Å². The molecule has 4 saturated carbocycles. The van der Waals surface area contributed by atoms with E-state index in [-0.39, 0.29) is 17.1 Å². The number of ether oxygens (including phenoxy) is 1. The van der Waals surface area contributed by atoms with Crippen molar-refractivity contribution < 1.29 is 22.7 Å². The molecule has 1 aliphatic heterocycles. The number of hydrogen-bond acceptors (Lipinski definition) is 5. The topological polar surface area (TPSA) is 67.4 Å². The number of nitrogens with zero attached hydrogens (tertiary/aromatic N) is 3. The number of alkyl halides is 3. The van der Waals surface area contributed by atoms with Gasteiger partial charge in [-0.3, -0.25) is 9.69 Å². The van der Waals surface area contributed by atoms with Crippen molar-refractivity contribution in [2.45, 2.75) is 70.8 Å². The molecule has 2 heterocycles. The molecule has 1 N–H and O–H groups in total. The molecule has 6 nitrogen and oxygen atoms in total. The number of amides is 1. The van der Waals surface area contributed by atoms with Gasteiger partial charge in [0, 0.05) is 31.6 Å². The lowest BCUT2D eigenvalue weighted by Gasteiger charge is -2.56. The zero-order chi connectivity index (χ0) is 24.9. The van der Waals surface area contributed by atoms with Crippen LogP contribution in [0.25, 0.3) is 0 Å². The maximum absolute atomic E-state index is 13.1. The molecule has 192 valence electrons. The van der Waals surface area contributed by atoms with E-state index in [4.69, 9.17) is 0 Å². The summed E-state index contributed by atoms with van der Waals surface area (Å²) in [5.74, 6) is 2.87. The Hall–Kier alpha value is -2.68. The zero-order valence-electron chi connectivity index (χ0n) is 20.2. The van der Waals surface area contributed by atoms with Crippen molar-refractivity contribution in [3.05, 3.63) is 47.4 Å². The summed E-state index contributed by atoms with van der Waals surface area (Å²) in [6, 6.07) is 6.07. The smallest absolute Gasteiger partial charge is 0.406 e. The molecule has 0 unspecified atom stereocenters. The van der Waals surface area contributed by atoms with Gasteiger partial charge in [-0.15, -0.1) is 13.2 Å². The summed E-state index contributed by atoms with van der Waals surface area (Å²) in [5.41, 5.74) is 2.72. The van der Waals surface area contributed by atoms with Crippen LogP contribution < -0.4 is 10.1 Å². The highest BCUT2D eigenvalue weighted by Crippen LogP contribution is 2.61. The summed E-state index contributed by atoms with van der Waals surface area (Å²) in [5, 5.41) is 3.11. The summed E-state index contributed by atoms with van der Waals surface area (Å²) in [4.78, 5) is 24.1. The summed E-state index contributed by atoms with van der Waals surface area (Å²) >= 11 is 0. The number of benzene rings is 1. The van der Waals surface area contributed by atoms with Gasteiger partial charge in [0.2, 0.25) is 5.91 Å². The minimum absolute atomic E-state index is 0.0572. The summed E-state index contributed by atoms with van der Waals surface area (Å²) in [7, 11) is 0. The number of carbonyl (C=O) groups is 1. The van der Waals surface area contributed by atoms with Crippen molar-refractivity contribution in [3.8, 4) is 5.75 Å². The number of halogens is 3. The van der Waals surface area contributed by atoms with Gasteiger partial charge in [-0.05, 0) is 85.8 Å². The molecule has 2 aromatic rings.